The summed E-state index contributed by atoms with van der Waals surface area (Å²) in [4.78, 5) is 2.01. The molecule has 19 heavy (non-hydrogen) atoms. The highest BCUT2D eigenvalue weighted by Gasteiger charge is 2.13. The van der Waals surface area contributed by atoms with E-state index in [0.29, 0.717) is 0 Å². The number of para-hydroxylation sites is 2. The topological polar surface area (TPSA) is 32.7 Å². The molecule has 0 heterocycles. The Balaban J connectivity index is 2.49. The molecule has 0 aliphatic carbocycles. The van der Waals surface area contributed by atoms with Crippen molar-refractivity contribution in [3.63, 3.8) is 0 Å². The van der Waals surface area contributed by atoms with E-state index in [2.05, 4.69) is 15.9 Å². The Hall–Kier alpha value is -1.52. The van der Waals surface area contributed by atoms with Gasteiger partial charge in [0, 0.05) is 22.8 Å². The molecule has 0 aliphatic heterocycles. The third-order valence-electron chi connectivity index (χ3n) is 3.03. The van der Waals surface area contributed by atoms with Gasteiger partial charge in [-0.2, -0.15) is 0 Å². The minimum atomic E-state index is 0.00209. The van der Waals surface area contributed by atoms with Gasteiger partial charge in [-0.1, -0.05) is 34.1 Å². The Labute approximate surface area is 121 Å². The van der Waals surface area contributed by atoms with Crippen molar-refractivity contribution in [3.8, 4) is 5.75 Å². The van der Waals surface area contributed by atoms with E-state index in [0.717, 1.165) is 27.2 Å². The highest BCUT2D eigenvalue weighted by Crippen LogP contribution is 2.35. The van der Waals surface area contributed by atoms with Crippen LogP contribution >= 0.6 is 15.9 Å². The van der Waals surface area contributed by atoms with Crippen molar-refractivity contribution in [3.05, 3.63) is 52.5 Å². The molecule has 0 bridgehead atoms. The van der Waals surface area contributed by atoms with Crippen LogP contribution in [0.2, 0.25) is 0 Å². The number of halogens is 1. The van der Waals surface area contributed by atoms with E-state index in [4.69, 9.17) is 4.74 Å². The number of anilines is 2. The second-order valence-corrected chi connectivity index (χ2v) is 5.08. The number of methoxy groups -OCH3 is 1. The van der Waals surface area contributed by atoms with E-state index in [1.54, 1.807) is 7.11 Å². The van der Waals surface area contributed by atoms with Gasteiger partial charge in [0.2, 0.25) is 0 Å². The largest absolute Gasteiger partial charge is 0.495 e. The number of aliphatic hydroxyl groups is 1. The normalized spacial score (nSPS) is 10.3. The molecule has 0 radical (unpaired) electrons. The number of hydrogen-bond acceptors (Lipinski definition) is 3. The summed E-state index contributed by atoms with van der Waals surface area (Å²) in [7, 11) is 3.61. The molecule has 0 amide bonds. The van der Waals surface area contributed by atoms with Crippen molar-refractivity contribution in [1.29, 1.82) is 0 Å². The molecule has 2 rings (SSSR count). The van der Waals surface area contributed by atoms with E-state index in [1.165, 1.54) is 0 Å². The molecule has 3 nitrogen and oxygen atoms in total. The van der Waals surface area contributed by atoms with Crippen LogP contribution in [0.5, 0.6) is 5.75 Å². The average molecular weight is 322 g/mol. The minimum Gasteiger partial charge on any atom is -0.495 e. The third kappa shape index (κ3) is 2.91. The highest BCUT2D eigenvalue weighted by molar-refractivity contribution is 9.10. The second-order valence-electron chi connectivity index (χ2n) is 4.16. The molecule has 4 heteroatoms. The highest BCUT2D eigenvalue weighted by atomic mass is 79.9. The summed E-state index contributed by atoms with van der Waals surface area (Å²) >= 11 is 3.46. The van der Waals surface area contributed by atoms with Gasteiger partial charge in [0.05, 0.1) is 19.4 Å². The molecule has 0 fully saturated rings. The zero-order chi connectivity index (χ0) is 13.8. The van der Waals surface area contributed by atoms with E-state index in [1.807, 2.05) is 54.4 Å². The fourth-order valence-corrected chi connectivity index (χ4v) is 2.37. The Kier molecular flexibility index (Phi) is 4.45. The van der Waals surface area contributed by atoms with Crippen molar-refractivity contribution >= 4 is 27.3 Å². The summed E-state index contributed by atoms with van der Waals surface area (Å²) in [5.41, 5.74) is 2.77. The molecule has 0 unspecified atom stereocenters. The molecule has 0 aliphatic rings. The lowest BCUT2D eigenvalue weighted by Crippen LogP contribution is -2.13. The molecule has 0 aromatic heterocycles. The number of ether oxygens (including phenoxy) is 1. The molecular formula is C15H16BrNO2. The lowest BCUT2D eigenvalue weighted by molar-refractivity contribution is 0.282. The minimum absolute atomic E-state index is 0.00209. The van der Waals surface area contributed by atoms with Gasteiger partial charge < -0.3 is 14.7 Å². The quantitative estimate of drug-likeness (QED) is 0.931. The zero-order valence-electron chi connectivity index (χ0n) is 10.9. The number of rotatable bonds is 4. The molecule has 100 valence electrons. The Morgan fingerprint density at radius 3 is 2.58 bits per heavy atom. The average Bonchev–Trinajstić information content (AvgIpc) is 2.46. The maximum Gasteiger partial charge on any atom is 0.142 e. The maximum absolute atomic E-state index is 9.46. The second kappa shape index (κ2) is 6.08. The first-order valence-electron chi connectivity index (χ1n) is 5.93. The molecule has 2 aromatic rings. The van der Waals surface area contributed by atoms with Crippen molar-refractivity contribution in [2.24, 2.45) is 0 Å². The van der Waals surface area contributed by atoms with E-state index in [9.17, 15) is 5.11 Å². The summed E-state index contributed by atoms with van der Waals surface area (Å²) in [6, 6.07) is 13.6. The molecular weight excluding hydrogens is 306 g/mol. The zero-order valence-corrected chi connectivity index (χ0v) is 12.5. The van der Waals surface area contributed by atoms with Gasteiger partial charge in [-0.15, -0.1) is 0 Å². The van der Waals surface area contributed by atoms with E-state index in [-0.39, 0.29) is 6.61 Å². The Morgan fingerprint density at radius 2 is 1.89 bits per heavy atom. The summed E-state index contributed by atoms with van der Waals surface area (Å²) in [5, 5.41) is 9.46. The predicted molar refractivity (Wildman–Crippen MR) is 81.1 cm³/mol. The van der Waals surface area contributed by atoms with Crippen molar-refractivity contribution in [2.75, 3.05) is 19.1 Å². The first-order valence-corrected chi connectivity index (χ1v) is 6.72. The third-order valence-corrected chi connectivity index (χ3v) is 3.52. The SMILES string of the molecule is COc1ccccc1N(C)c1cc(Br)ccc1CO. The molecule has 2 aromatic carbocycles. The number of aliphatic hydroxyl groups excluding tert-OH is 1. The van der Waals surface area contributed by atoms with Gasteiger partial charge >= 0.3 is 0 Å². The van der Waals surface area contributed by atoms with E-state index < -0.39 is 0 Å². The van der Waals surface area contributed by atoms with Crippen LogP contribution in [0, 0.1) is 0 Å². The van der Waals surface area contributed by atoms with E-state index >= 15 is 0 Å². The lowest BCUT2D eigenvalue weighted by atomic mass is 10.1. The summed E-state index contributed by atoms with van der Waals surface area (Å²) in [5.74, 6) is 0.800. The lowest BCUT2D eigenvalue weighted by Gasteiger charge is -2.24. The first kappa shape index (κ1) is 13.9. The van der Waals surface area contributed by atoms with Crippen LogP contribution in [0.15, 0.2) is 46.9 Å². The number of benzene rings is 2. The molecule has 0 spiro atoms. The van der Waals surface area contributed by atoms with Gasteiger partial charge in [0.25, 0.3) is 0 Å². The van der Waals surface area contributed by atoms with Crippen molar-refractivity contribution in [1.82, 2.24) is 0 Å². The van der Waals surface area contributed by atoms with Crippen LogP contribution in [-0.2, 0) is 6.61 Å². The Morgan fingerprint density at radius 1 is 1.16 bits per heavy atom. The van der Waals surface area contributed by atoms with Gasteiger partial charge in [-0.05, 0) is 24.3 Å². The van der Waals surface area contributed by atoms with Crippen LogP contribution in [0.3, 0.4) is 0 Å². The van der Waals surface area contributed by atoms with Crippen molar-refractivity contribution < 1.29 is 9.84 Å². The fraction of sp³-hybridized carbons (Fsp3) is 0.200. The standard InChI is InChI=1S/C15H16BrNO2/c1-17(13-5-3-4-6-15(13)19-2)14-9-12(16)8-7-11(14)10-18/h3-9,18H,10H2,1-2H3. The van der Waals surface area contributed by atoms with Crippen LogP contribution in [-0.4, -0.2) is 19.3 Å². The van der Waals surface area contributed by atoms with Gasteiger partial charge in [-0.25, -0.2) is 0 Å². The number of hydrogen-bond donors (Lipinski definition) is 1. The summed E-state index contributed by atoms with van der Waals surface area (Å²) in [6.07, 6.45) is 0. The summed E-state index contributed by atoms with van der Waals surface area (Å²) < 4.78 is 6.35. The van der Waals surface area contributed by atoms with Crippen LogP contribution in [0.25, 0.3) is 0 Å². The Bertz CT molecular complexity index is 572. The maximum atomic E-state index is 9.46. The smallest absolute Gasteiger partial charge is 0.142 e. The van der Waals surface area contributed by atoms with Crippen LogP contribution < -0.4 is 9.64 Å². The molecule has 0 saturated heterocycles. The summed E-state index contributed by atoms with van der Waals surface area (Å²) in [6.45, 7) is 0.00209. The van der Waals surface area contributed by atoms with Gasteiger partial charge in [0.15, 0.2) is 0 Å². The monoisotopic (exact) mass is 321 g/mol. The van der Waals surface area contributed by atoms with Crippen LogP contribution in [0.1, 0.15) is 5.56 Å². The van der Waals surface area contributed by atoms with Gasteiger partial charge in [0.1, 0.15) is 5.75 Å². The first-order chi connectivity index (χ1) is 9.17. The van der Waals surface area contributed by atoms with Crippen molar-refractivity contribution in [2.45, 2.75) is 6.61 Å². The van der Waals surface area contributed by atoms with Gasteiger partial charge in [-0.3, -0.25) is 0 Å². The molecule has 0 saturated carbocycles. The molecule has 0 atom stereocenters. The fourth-order valence-electron chi connectivity index (χ4n) is 2.02. The predicted octanol–water partition coefficient (Wildman–Crippen LogP) is 3.72. The molecule has 1 N–H and O–H groups in total. The van der Waals surface area contributed by atoms with Crippen LogP contribution in [0.4, 0.5) is 11.4 Å². The number of nitrogens with zero attached hydrogens (tertiary/aromatic N) is 1.